The van der Waals surface area contributed by atoms with Gasteiger partial charge in [0, 0.05) is 11.8 Å². The van der Waals surface area contributed by atoms with E-state index in [4.69, 9.17) is 10.1 Å². The van der Waals surface area contributed by atoms with E-state index in [-0.39, 0.29) is 6.42 Å². The number of benzene rings is 2. The van der Waals surface area contributed by atoms with Crippen LogP contribution in [-0.4, -0.2) is 21.8 Å². The van der Waals surface area contributed by atoms with E-state index in [1.165, 1.54) is 5.56 Å². The maximum atomic E-state index is 10.7. The van der Waals surface area contributed by atoms with Crippen molar-refractivity contribution in [3.63, 3.8) is 0 Å². The van der Waals surface area contributed by atoms with Crippen LogP contribution in [0.1, 0.15) is 36.9 Å². The average molecular weight is 361 g/mol. The van der Waals surface area contributed by atoms with E-state index in [1.807, 2.05) is 67.6 Å². The number of carboxylic acids is 1. The van der Waals surface area contributed by atoms with Crippen LogP contribution in [0.3, 0.4) is 0 Å². The van der Waals surface area contributed by atoms with Crippen LogP contribution < -0.4 is 5.43 Å². The molecule has 0 aliphatic carbocycles. The maximum absolute atomic E-state index is 10.7. The van der Waals surface area contributed by atoms with Gasteiger partial charge in [-0.25, -0.2) is 4.98 Å². The van der Waals surface area contributed by atoms with Gasteiger partial charge in [-0.1, -0.05) is 42.0 Å². The zero-order valence-electron chi connectivity index (χ0n) is 15.4. The van der Waals surface area contributed by atoms with Gasteiger partial charge in [-0.15, -0.1) is 0 Å². The van der Waals surface area contributed by atoms with Crippen molar-refractivity contribution in [2.24, 2.45) is 5.10 Å². The SMILES string of the molecule is Cc1ccc(NN=C(CCCCC(=O)O)c2ccc3ccccc3n2)cc1. The molecular formula is C22H23N3O2. The van der Waals surface area contributed by atoms with Crippen LogP contribution in [0.5, 0.6) is 0 Å². The van der Waals surface area contributed by atoms with E-state index >= 15 is 0 Å². The molecule has 5 nitrogen and oxygen atoms in total. The number of nitrogens with one attached hydrogen (secondary N) is 1. The molecule has 0 unspecified atom stereocenters. The van der Waals surface area contributed by atoms with Crippen molar-refractivity contribution in [1.82, 2.24) is 4.98 Å². The molecule has 5 heteroatoms. The van der Waals surface area contributed by atoms with E-state index in [2.05, 4.69) is 10.5 Å². The van der Waals surface area contributed by atoms with Gasteiger partial charge >= 0.3 is 5.97 Å². The first kappa shape index (κ1) is 18.6. The standard InChI is InChI=1S/C22H23N3O2/c1-16-10-13-18(14-11-16)24-25-21(8-4-5-9-22(26)27)20-15-12-17-6-2-3-7-19(17)23-20/h2-3,6-7,10-15,24H,4-5,8-9H2,1H3,(H,26,27). The molecule has 0 saturated carbocycles. The molecule has 0 amide bonds. The molecule has 0 fully saturated rings. The largest absolute Gasteiger partial charge is 0.481 e. The lowest BCUT2D eigenvalue weighted by molar-refractivity contribution is -0.137. The summed E-state index contributed by atoms with van der Waals surface area (Å²) in [4.78, 5) is 15.5. The van der Waals surface area contributed by atoms with Gasteiger partial charge in [-0.2, -0.15) is 5.10 Å². The number of aromatic nitrogens is 1. The molecular weight excluding hydrogens is 338 g/mol. The Labute approximate surface area is 158 Å². The Hall–Kier alpha value is -3.21. The average Bonchev–Trinajstić information content (AvgIpc) is 2.68. The van der Waals surface area contributed by atoms with Crippen LogP contribution in [0.4, 0.5) is 5.69 Å². The summed E-state index contributed by atoms with van der Waals surface area (Å²) in [5.41, 5.74) is 7.75. The second kappa shape index (κ2) is 8.94. The molecule has 138 valence electrons. The predicted molar refractivity (Wildman–Crippen MR) is 109 cm³/mol. The van der Waals surface area contributed by atoms with Crippen molar-refractivity contribution in [2.75, 3.05) is 5.43 Å². The van der Waals surface area contributed by atoms with Crippen molar-refractivity contribution >= 4 is 28.3 Å². The van der Waals surface area contributed by atoms with Gasteiger partial charge in [0.05, 0.1) is 22.6 Å². The van der Waals surface area contributed by atoms with Gasteiger partial charge in [0.1, 0.15) is 0 Å². The fourth-order valence-electron chi connectivity index (χ4n) is 2.80. The molecule has 3 rings (SSSR count). The molecule has 0 saturated heterocycles. The van der Waals surface area contributed by atoms with Gasteiger partial charge < -0.3 is 5.11 Å². The molecule has 0 bridgehead atoms. The summed E-state index contributed by atoms with van der Waals surface area (Å²) in [6, 6.07) is 20.0. The van der Waals surface area contributed by atoms with Gasteiger partial charge in [-0.3, -0.25) is 10.2 Å². The summed E-state index contributed by atoms with van der Waals surface area (Å²) in [5.74, 6) is -0.768. The predicted octanol–water partition coefficient (Wildman–Crippen LogP) is 5.00. The molecule has 0 aliphatic heterocycles. The van der Waals surface area contributed by atoms with Gasteiger partial charge in [0.15, 0.2) is 0 Å². The Morgan fingerprint density at radius 2 is 1.74 bits per heavy atom. The Balaban J connectivity index is 1.81. The highest BCUT2D eigenvalue weighted by molar-refractivity contribution is 6.00. The molecule has 1 heterocycles. The lowest BCUT2D eigenvalue weighted by Gasteiger charge is -2.09. The highest BCUT2D eigenvalue weighted by Crippen LogP contribution is 2.16. The van der Waals surface area contributed by atoms with E-state index in [0.717, 1.165) is 34.4 Å². The van der Waals surface area contributed by atoms with Crippen LogP contribution in [0.15, 0.2) is 65.8 Å². The summed E-state index contributed by atoms with van der Waals surface area (Å²) < 4.78 is 0. The van der Waals surface area contributed by atoms with Crippen molar-refractivity contribution in [1.29, 1.82) is 0 Å². The van der Waals surface area contributed by atoms with Crippen LogP contribution in [-0.2, 0) is 4.79 Å². The van der Waals surface area contributed by atoms with E-state index < -0.39 is 5.97 Å². The number of aliphatic carboxylic acids is 1. The first-order valence-corrected chi connectivity index (χ1v) is 9.09. The van der Waals surface area contributed by atoms with Gasteiger partial charge in [0.2, 0.25) is 0 Å². The summed E-state index contributed by atoms with van der Waals surface area (Å²) in [7, 11) is 0. The fourth-order valence-corrected chi connectivity index (χ4v) is 2.80. The third kappa shape index (κ3) is 5.38. The van der Waals surface area contributed by atoms with E-state index in [9.17, 15) is 4.79 Å². The Kier molecular flexibility index (Phi) is 6.15. The minimum atomic E-state index is -0.768. The number of nitrogens with zero attached hydrogens (tertiary/aromatic N) is 2. The molecule has 0 spiro atoms. The highest BCUT2D eigenvalue weighted by Gasteiger charge is 2.08. The summed E-state index contributed by atoms with van der Waals surface area (Å²) in [5, 5.41) is 14.5. The normalized spacial score (nSPS) is 11.5. The van der Waals surface area contributed by atoms with E-state index in [0.29, 0.717) is 12.8 Å². The van der Waals surface area contributed by atoms with E-state index in [1.54, 1.807) is 0 Å². The molecule has 0 atom stereocenters. The number of aryl methyl sites for hydroxylation is 1. The van der Waals surface area contributed by atoms with Crippen LogP contribution in [0, 0.1) is 6.92 Å². The second-order valence-corrected chi connectivity index (χ2v) is 6.53. The lowest BCUT2D eigenvalue weighted by atomic mass is 10.1. The van der Waals surface area contributed by atoms with Crippen molar-refractivity contribution in [3.05, 3.63) is 71.9 Å². The van der Waals surface area contributed by atoms with Crippen molar-refractivity contribution in [2.45, 2.75) is 32.6 Å². The van der Waals surface area contributed by atoms with Crippen LogP contribution >= 0.6 is 0 Å². The van der Waals surface area contributed by atoms with Crippen molar-refractivity contribution < 1.29 is 9.90 Å². The minimum Gasteiger partial charge on any atom is -0.481 e. The lowest BCUT2D eigenvalue weighted by Crippen LogP contribution is -2.08. The number of rotatable bonds is 8. The minimum absolute atomic E-state index is 0.170. The molecule has 3 aromatic rings. The number of para-hydroxylation sites is 1. The second-order valence-electron chi connectivity index (χ2n) is 6.53. The number of unbranched alkanes of at least 4 members (excludes halogenated alkanes) is 1. The molecule has 1 aromatic heterocycles. The molecule has 27 heavy (non-hydrogen) atoms. The zero-order chi connectivity index (χ0) is 19.1. The fraction of sp³-hybridized carbons (Fsp3) is 0.227. The molecule has 0 radical (unpaired) electrons. The Bertz CT molecular complexity index is 949. The summed E-state index contributed by atoms with van der Waals surface area (Å²) >= 11 is 0. The number of hydrogen-bond acceptors (Lipinski definition) is 4. The number of carboxylic acid groups (broad SMARTS) is 1. The number of hydrogen-bond donors (Lipinski definition) is 2. The first-order chi connectivity index (χ1) is 13.1. The zero-order valence-corrected chi connectivity index (χ0v) is 15.4. The number of fused-ring (bicyclic) bond motifs is 1. The van der Waals surface area contributed by atoms with Gasteiger partial charge in [-0.05, 0) is 50.5 Å². The molecule has 2 aromatic carbocycles. The third-order valence-corrected chi connectivity index (χ3v) is 4.32. The summed E-state index contributed by atoms with van der Waals surface area (Å²) in [6.45, 7) is 2.04. The molecule has 0 aliphatic rings. The number of hydrazone groups is 1. The Morgan fingerprint density at radius 1 is 1.00 bits per heavy atom. The van der Waals surface area contributed by atoms with Crippen LogP contribution in [0.25, 0.3) is 10.9 Å². The molecule has 2 N–H and O–H groups in total. The van der Waals surface area contributed by atoms with Crippen LogP contribution in [0.2, 0.25) is 0 Å². The van der Waals surface area contributed by atoms with Crippen molar-refractivity contribution in [3.8, 4) is 0 Å². The number of anilines is 1. The topological polar surface area (TPSA) is 74.6 Å². The number of pyridine rings is 1. The highest BCUT2D eigenvalue weighted by atomic mass is 16.4. The first-order valence-electron chi connectivity index (χ1n) is 9.09. The monoisotopic (exact) mass is 361 g/mol. The summed E-state index contributed by atoms with van der Waals surface area (Å²) in [6.07, 6.45) is 2.20. The van der Waals surface area contributed by atoms with Gasteiger partial charge in [0.25, 0.3) is 0 Å². The smallest absolute Gasteiger partial charge is 0.303 e. The Morgan fingerprint density at radius 3 is 2.52 bits per heavy atom. The maximum Gasteiger partial charge on any atom is 0.303 e. The third-order valence-electron chi connectivity index (χ3n) is 4.32. The quantitative estimate of drug-likeness (QED) is 0.336. The number of carbonyl (C=O) groups is 1.